The topological polar surface area (TPSA) is 87.3 Å². The van der Waals surface area contributed by atoms with Gasteiger partial charge in [0.05, 0.1) is 29.7 Å². The monoisotopic (exact) mass is 504 g/mol. The fourth-order valence-corrected chi connectivity index (χ4v) is 4.52. The Kier molecular flexibility index (Phi) is 7.46. The number of hydrogen-bond acceptors (Lipinski definition) is 6. The number of rotatable bonds is 7. The van der Waals surface area contributed by atoms with Crippen LogP contribution in [0.1, 0.15) is 22.4 Å². The quantitative estimate of drug-likeness (QED) is 0.372. The second-order valence-corrected chi connectivity index (χ2v) is 8.95. The number of anilines is 1. The molecular weight excluding hydrogens is 481 g/mol. The Morgan fingerprint density at radius 3 is 2.80 bits per heavy atom. The summed E-state index contributed by atoms with van der Waals surface area (Å²) in [5.74, 6) is 0.177. The summed E-state index contributed by atoms with van der Waals surface area (Å²) < 4.78 is 44.0. The number of aromatic amines is 1. The minimum absolute atomic E-state index is 0.0486. The zero-order valence-electron chi connectivity index (χ0n) is 18.8. The molecule has 184 valence electrons. The van der Waals surface area contributed by atoms with E-state index >= 15 is 0 Å². The van der Waals surface area contributed by atoms with Crippen molar-refractivity contribution >= 4 is 23.4 Å². The highest BCUT2D eigenvalue weighted by Crippen LogP contribution is 2.30. The Labute approximate surface area is 203 Å². The number of carbonyl (C=O) groups is 1. The van der Waals surface area contributed by atoms with Gasteiger partial charge in [0.25, 0.3) is 5.56 Å². The molecule has 4 rings (SSSR count). The molecule has 2 aromatic carbocycles. The highest BCUT2D eigenvalue weighted by atomic mass is 32.2. The van der Waals surface area contributed by atoms with Crippen molar-refractivity contribution in [3.05, 3.63) is 81.3 Å². The van der Waals surface area contributed by atoms with E-state index in [1.807, 2.05) is 24.3 Å². The molecule has 0 unspecified atom stereocenters. The second-order valence-electron chi connectivity index (χ2n) is 7.98. The van der Waals surface area contributed by atoms with Gasteiger partial charge in [0, 0.05) is 37.3 Å². The first-order valence-electron chi connectivity index (χ1n) is 10.8. The molecular formula is C24H23F3N4O3S. The normalized spacial score (nSPS) is 13.8. The van der Waals surface area contributed by atoms with Crippen LogP contribution in [0.25, 0.3) is 0 Å². The minimum atomic E-state index is -4.50. The molecule has 7 nitrogen and oxygen atoms in total. The van der Waals surface area contributed by atoms with Crippen LogP contribution in [0.15, 0.2) is 58.5 Å². The minimum Gasteiger partial charge on any atom is -0.496 e. The molecule has 2 heterocycles. The summed E-state index contributed by atoms with van der Waals surface area (Å²) in [6.45, 7) is 1.79. The number of alkyl halides is 3. The van der Waals surface area contributed by atoms with Crippen molar-refractivity contribution < 1.29 is 22.7 Å². The van der Waals surface area contributed by atoms with E-state index in [1.165, 1.54) is 12.1 Å². The number of amides is 1. The fraction of sp³-hybridized carbons (Fsp3) is 0.292. The van der Waals surface area contributed by atoms with E-state index in [1.54, 1.807) is 7.11 Å². The zero-order chi connectivity index (χ0) is 25.0. The van der Waals surface area contributed by atoms with Crippen molar-refractivity contribution in [2.45, 2.75) is 30.8 Å². The number of H-pyrrole nitrogens is 1. The molecule has 2 N–H and O–H groups in total. The number of para-hydroxylation sites is 1. The van der Waals surface area contributed by atoms with Crippen molar-refractivity contribution in [2.75, 3.05) is 24.7 Å². The summed E-state index contributed by atoms with van der Waals surface area (Å²) in [5.41, 5.74) is 1.24. The van der Waals surface area contributed by atoms with E-state index in [0.717, 1.165) is 35.2 Å². The Bertz CT molecular complexity index is 1280. The molecule has 3 aromatic rings. The third kappa shape index (κ3) is 6.23. The third-order valence-electron chi connectivity index (χ3n) is 5.53. The van der Waals surface area contributed by atoms with Crippen LogP contribution in [0, 0.1) is 0 Å². The van der Waals surface area contributed by atoms with Gasteiger partial charge in [0.15, 0.2) is 5.16 Å². The average Bonchev–Trinajstić information content (AvgIpc) is 2.83. The third-order valence-corrected chi connectivity index (χ3v) is 6.40. The lowest BCUT2D eigenvalue weighted by Gasteiger charge is -2.28. The zero-order valence-corrected chi connectivity index (χ0v) is 19.6. The highest BCUT2D eigenvalue weighted by Gasteiger charge is 2.30. The smallest absolute Gasteiger partial charge is 0.416 e. The van der Waals surface area contributed by atoms with Gasteiger partial charge in [0.2, 0.25) is 5.91 Å². The van der Waals surface area contributed by atoms with Crippen LogP contribution in [0.3, 0.4) is 0 Å². The maximum absolute atomic E-state index is 12.9. The number of nitrogens with one attached hydrogen (secondary N) is 2. The molecule has 0 aliphatic carbocycles. The van der Waals surface area contributed by atoms with E-state index in [4.69, 9.17) is 4.74 Å². The summed E-state index contributed by atoms with van der Waals surface area (Å²) in [7, 11) is 1.62. The Morgan fingerprint density at radius 1 is 1.23 bits per heavy atom. The lowest BCUT2D eigenvalue weighted by atomic mass is 10.1. The average molecular weight is 505 g/mol. The molecule has 0 spiro atoms. The first-order valence-corrected chi connectivity index (χ1v) is 11.8. The molecule has 1 aliphatic heterocycles. The van der Waals surface area contributed by atoms with E-state index in [9.17, 15) is 22.8 Å². The molecule has 35 heavy (non-hydrogen) atoms. The lowest BCUT2D eigenvalue weighted by molar-refractivity contribution is -0.137. The van der Waals surface area contributed by atoms with Gasteiger partial charge in [-0.05, 0) is 24.3 Å². The predicted molar refractivity (Wildman–Crippen MR) is 126 cm³/mol. The number of ether oxygens (including phenoxy) is 1. The van der Waals surface area contributed by atoms with E-state index in [0.29, 0.717) is 42.5 Å². The summed E-state index contributed by atoms with van der Waals surface area (Å²) in [6.07, 6.45) is -3.91. The molecule has 11 heteroatoms. The van der Waals surface area contributed by atoms with Crippen LogP contribution in [-0.2, 0) is 30.5 Å². The van der Waals surface area contributed by atoms with Crippen molar-refractivity contribution in [1.82, 2.24) is 14.9 Å². The molecule has 0 bridgehead atoms. The summed E-state index contributed by atoms with van der Waals surface area (Å²) in [5, 5.41) is 2.74. The first-order chi connectivity index (χ1) is 16.7. The number of halogens is 3. The van der Waals surface area contributed by atoms with Crippen LogP contribution in [-0.4, -0.2) is 40.2 Å². The van der Waals surface area contributed by atoms with Crippen molar-refractivity contribution in [3.8, 4) is 5.75 Å². The molecule has 0 saturated heterocycles. The number of thioether (sulfide) groups is 1. The second kappa shape index (κ2) is 10.5. The number of carbonyl (C=O) groups excluding carboxylic acids is 1. The van der Waals surface area contributed by atoms with Crippen LogP contribution in [0.2, 0.25) is 0 Å². The van der Waals surface area contributed by atoms with Gasteiger partial charge < -0.3 is 15.0 Å². The van der Waals surface area contributed by atoms with Crippen LogP contribution in [0.4, 0.5) is 18.9 Å². The van der Waals surface area contributed by atoms with E-state index in [-0.39, 0.29) is 17.0 Å². The highest BCUT2D eigenvalue weighted by molar-refractivity contribution is 7.99. The van der Waals surface area contributed by atoms with E-state index in [2.05, 4.69) is 20.2 Å². The van der Waals surface area contributed by atoms with Gasteiger partial charge in [-0.15, -0.1) is 0 Å². The van der Waals surface area contributed by atoms with Crippen molar-refractivity contribution in [3.63, 3.8) is 0 Å². The van der Waals surface area contributed by atoms with Gasteiger partial charge in [-0.3, -0.25) is 14.5 Å². The molecule has 1 amide bonds. The number of fused-ring (bicyclic) bond motifs is 1. The molecule has 0 fully saturated rings. The van der Waals surface area contributed by atoms with Gasteiger partial charge in [0.1, 0.15) is 5.75 Å². The van der Waals surface area contributed by atoms with Crippen molar-refractivity contribution in [1.29, 1.82) is 0 Å². The Morgan fingerprint density at radius 2 is 2.03 bits per heavy atom. The number of aromatic nitrogens is 2. The van der Waals surface area contributed by atoms with Gasteiger partial charge in [-0.2, -0.15) is 13.2 Å². The van der Waals surface area contributed by atoms with E-state index < -0.39 is 17.6 Å². The number of nitrogens with zero attached hydrogens (tertiary/aromatic N) is 2. The van der Waals surface area contributed by atoms with Crippen LogP contribution in [0.5, 0.6) is 5.75 Å². The number of benzene rings is 2. The van der Waals surface area contributed by atoms with Gasteiger partial charge >= 0.3 is 6.18 Å². The molecule has 0 atom stereocenters. The van der Waals surface area contributed by atoms with Gasteiger partial charge in [-0.1, -0.05) is 36.0 Å². The van der Waals surface area contributed by atoms with Gasteiger partial charge in [-0.25, -0.2) is 4.98 Å². The fourth-order valence-electron chi connectivity index (χ4n) is 3.84. The number of methoxy groups -OCH3 is 1. The first kappa shape index (κ1) is 24.8. The lowest BCUT2D eigenvalue weighted by Crippen LogP contribution is -2.35. The number of hydrogen-bond donors (Lipinski definition) is 2. The molecule has 0 saturated carbocycles. The maximum Gasteiger partial charge on any atom is 0.416 e. The Balaban J connectivity index is 1.37. The Hall–Kier alpha value is -3.31. The summed E-state index contributed by atoms with van der Waals surface area (Å²) in [4.78, 5) is 34.3. The van der Waals surface area contributed by atoms with Crippen LogP contribution >= 0.6 is 11.8 Å². The molecule has 1 aliphatic rings. The van der Waals surface area contributed by atoms with Crippen LogP contribution < -0.4 is 15.6 Å². The predicted octanol–water partition coefficient (Wildman–Crippen LogP) is 4.09. The molecule has 0 radical (unpaired) electrons. The molecule has 1 aromatic heterocycles. The SMILES string of the molecule is COc1ccccc1CN1CCc2nc(SCC(=O)Nc3cccc(C(F)(F)F)c3)[nH]c(=O)c2C1. The summed E-state index contributed by atoms with van der Waals surface area (Å²) >= 11 is 1.02. The standard InChI is InChI=1S/C24H23F3N4O3S/c1-34-20-8-3-2-5-15(20)12-31-10-9-19-18(13-31)22(33)30-23(29-19)35-14-21(32)28-17-7-4-6-16(11-17)24(25,26)27/h2-8,11H,9-10,12-14H2,1H3,(H,28,32)(H,29,30,33). The maximum atomic E-state index is 12.9. The van der Waals surface area contributed by atoms with Crippen molar-refractivity contribution in [2.24, 2.45) is 0 Å². The largest absolute Gasteiger partial charge is 0.496 e. The summed E-state index contributed by atoms with van der Waals surface area (Å²) in [6, 6.07) is 12.1.